The minimum atomic E-state index is -1.84. The Morgan fingerprint density at radius 2 is 2.12 bits per heavy atom. The molecule has 2 atom stereocenters. The van der Waals surface area contributed by atoms with E-state index in [0.29, 0.717) is 18.3 Å². The number of aryl methyl sites for hydroxylation is 1. The number of benzene rings is 1. The van der Waals surface area contributed by atoms with Gasteiger partial charge in [0.05, 0.1) is 12.1 Å². The molecule has 0 bridgehead atoms. The van der Waals surface area contributed by atoms with Crippen LogP contribution in [0.15, 0.2) is 28.8 Å². The first-order chi connectivity index (χ1) is 14.9. The van der Waals surface area contributed by atoms with Crippen molar-refractivity contribution in [3.63, 3.8) is 0 Å². The Balaban J connectivity index is 1.76. The average Bonchev–Trinajstić information content (AvgIpc) is 3.33. The number of hydrogen-bond acceptors (Lipinski definition) is 6. The third-order valence-corrected chi connectivity index (χ3v) is 11.3. The van der Waals surface area contributed by atoms with E-state index < -0.39 is 14.4 Å². The van der Waals surface area contributed by atoms with E-state index in [9.17, 15) is 9.90 Å². The van der Waals surface area contributed by atoms with Crippen LogP contribution in [0.1, 0.15) is 44.6 Å². The van der Waals surface area contributed by atoms with Gasteiger partial charge in [0.1, 0.15) is 0 Å². The van der Waals surface area contributed by atoms with E-state index in [1.807, 2.05) is 24.3 Å². The van der Waals surface area contributed by atoms with E-state index in [1.165, 1.54) is 4.90 Å². The van der Waals surface area contributed by atoms with Gasteiger partial charge in [-0.1, -0.05) is 38.1 Å². The Kier molecular flexibility index (Phi) is 7.11. The fraction of sp³-hybridized carbons (Fsp3) is 0.609. The molecule has 0 radical (unpaired) electrons. The summed E-state index contributed by atoms with van der Waals surface area (Å²) in [6, 6.07) is 7.38. The van der Waals surface area contributed by atoms with Gasteiger partial charge in [-0.2, -0.15) is 4.98 Å². The molecule has 1 unspecified atom stereocenters. The van der Waals surface area contributed by atoms with Crippen LogP contribution < -0.4 is 0 Å². The van der Waals surface area contributed by atoms with Crippen LogP contribution in [0.25, 0.3) is 11.5 Å². The molecule has 1 amide bonds. The van der Waals surface area contributed by atoms with E-state index in [0.717, 1.165) is 30.6 Å². The predicted octanol–water partition coefficient (Wildman–Crippen LogP) is 4.79. The summed E-state index contributed by atoms with van der Waals surface area (Å²) < 4.78 is 11.9. The highest BCUT2D eigenvalue weighted by molar-refractivity contribution is 6.74. The maximum atomic E-state index is 11.9. The summed E-state index contributed by atoms with van der Waals surface area (Å²) in [5.41, 5.74) is 1.68. The smallest absolute Gasteiger partial charge is 0.407 e. The van der Waals surface area contributed by atoms with Crippen molar-refractivity contribution in [2.45, 2.75) is 64.4 Å². The third-order valence-electron chi connectivity index (χ3n) is 6.74. The summed E-state index contributed by atoms with van der Waals surface area (Å²) in [6.45, 7) is 15.4. The molecule has 1 aromatic carbocycles. The average molecular weight is 461 g/mol. The van der Waals surface area contributed by atoms with Gasteiger partial charge in [0.15, 0.2) is 14.1 Å². The fourth-order valence-corrected chi connectivity index (χ4v) is 5.15. The number of hydrogen-bond donors (Lipinski definition) is 1. The summed E-state index contributed by atoms with van der Waals surface area (Å²) in [4.78, 5) is 19.8. The molecule has 2 heterocycles. The van der Waals surface area contributed by atoms with Gasteiger partial charge in [-0.05, 0) is 49.2 Å². The fourth-order valence-electron chi connectivity index (χ4n) is 3.78. The second kappa shape index (κ2) is 9.33. The number of carboxylic acid groups (broad SMARTS) is 1. The normalized spacial score (nSPS) is 18.7. The standard InChI is InChI=1S/C23H36N4O4Si/c1-16-24-21(30-25-16)18-10-8-9-17(13-18)20(26(5)22(28)29)15-27-12-11-19(14-27)31-32(6,7)23(2,3)4/h8-10,13,19-20H,11-12,14-15H2,1-7H3,(H,28,29)/t19?,20-/m1/s1. The van der Waals surface area contributed by atoms with E-state index in [1.54, 1.807) is 14.0 Å². The maximum Gasteiger partial charge on any atom is 0.407 e. The molecule has 2 aromatic rings. The molecule has 8 nitrogen and oxygen atoms in total. The second-order valence-corrected chi connectivity index (χ2v) is 15.0. The van der Waals surface area contributed by atoms with Crippen molar-refractivity contribution in [3.8, 4) is 11.5 Å². The predicted molar refractivity (Wildman–Crippen MR) is 126 cm³/mol. The number of nitrogens with zero attached hydrogens (tertiary/aromatic N) is 4. The number of amides is 1. The van der Waals surface area contributed by atoms with E-state index in [4.69, 9.17) is 8.95 Å². The van der Waals surface area contributed by atoms with E-state index in [2.05, 4.69) is 48.9 Å². The van der Waals surface area contributed by atoms with Crippen molar-refractivity contribution in [1.82, 2.24) is 19.9 Å². The summed E-state index contributed by atoms with van der Waals surface area (Å²) in [6.07, 6.45) is 0.207. The Morgan fingerprint density at radius 1 is 1.41 bits per heavy atom. The van der Waals surface area contributed by atoms with Gasteiger partial charge in [-0.25, -0.2) is 4.79 Å². The van der Waals surface area contributed by atoms with Crippen LogP contribution in [-0.4, -0.2) is 72.2 Å². The van der Waals surface area contributed by atoms with Gasteiger partial charge in [0.25, 0.3) is 5.89 Å². The first-order valence-electron chi connectivity index (χ1n) is 11.1. The Labute approximate surface area is 191 Å². The van der Waals surface area contributed by atoms with Crippen molar-refractivity contribution in [2.24, 2.45) is 0 Å². The van der Waals surface area contributed by atoms with E-state index >= 15 is 0 Å². The molecule has 0 spiro atoms. The number of likely N-dealkylation sites (N-methyl/N-ethyl adjacent to an activating group) is 1. The van der Waals surface area contributed by atoms with Crippen LogP contribution in [0.2, 0.25) is 18.1 Å². The molecular weight excluding hydrogens is 424 g/mol. The summed E-state index contributed by atoms with van der Waals surface area (Å²) in [7, 11) is -0.219. The minimum absolute atomic E-state index is 0.167. The van der Waals surface area contributed by atoms with Crippen molar-refractivity contribution in [1.29, 1.82) is 0 Å². The van der Waals surface area contributed by atoms with Crippen LogP contribution >= 0.6 is 0 Å². The number of aromatic nitrogens is 2. The molecule has 0 saturated carbocycles. The lowest BCUT2D eigenvalue weighted by molar-refractivity contribution is 0.121. The van der Waals surface area contributed by atoms with Crippen molar-refractivity contribution in [3.05, 3.63) is 35.7 Å². The van der Waals surface area contributed by atoms with Crippen LogP contribution in [-0.2, 0) is 4.43 Å². The lowest BCUT2D eigenvalue weighted by Gasteiger charge is -2.38. The molecule has 1 aromatic heterocycles. The Bertz CT molecular complexity index is 940. The highest BCUT2D eigenvalue weighted by atomic mass is 28.4. The van der Waals surface area contributed by atoms with Crippen LogP contribution in [0.4, 0.5) is 4.79 Å². The zero-order valence-electron chi connectivity index (χ0n) is 20.3. The molecular formula is C23H36N4O4Si. The summed E-state index contributed by atoms with van der Waals surface area (Å²) in [5, 5.41) is 13.7. The highest BCUT2D eigenvalue weighted by Gasteiger charge is 2.41. The highest BCUT2D eigenvalue weighted by Crippen LogP contribution is 2.38. The molecule has 32 heavy (non-hydrogen) atoms. The number of likely N-dealkylation sites (tertiary alicyclic amines) is 1. The molecule has 3 rings (SSSR count). The van der Waals surface area contributed by atoms with Gasteiger partial charge in [0.2, 0.25) is 0 Å². The molecule has 1 fully saturated rings. The zero-order chi connectivity index (χ0) is 23.7. The first-order valence-corrected chi connectivity index (χ1v) is 14.0. The third kappa shape index (κ3) is 5.57. The molecule has 1 saturated heterocycles. The molecule has 1 aliphatic heterocycles. The van der Waals surface area contributed by atoms with Gasteiger partial charge in [-0.3, -0.25) is 4.90 Å². The van der Waals surface area contributed by atoms with Gasteiger partial charge >= 0.3 is 6.09 Å². The summed E-state index contributed by atoms with van der Waals surface area (Å²) in [5.74, 6) is 1.000. The molecule has 1 N–H and O–H groups in total. The van der Waals surface area contributed by atoms with Crippen LogP contribution in [0.5, 0.6) is 0 Å². The lowest BCUT2D eigenvalue weighted by atomic mass is 10.0. The SMILES string of the molecule is Cc1noc(-c2cccc([C@@H](CN3CCC(O[Si](C)(C)C(C)(C)C)C3)N(C)C(=O)O)c2)n1. The van der Waals surface area contributed by atoms with Crippen LogP contribution in [0.3, 0.4) is 0 Å². The van der Waals surface area contributed by atoms with Crippen molar-refractivity contribution < 1.29 is 18.9 Å². The largest absolute Gasteiger partial charge is 0.465 e. The zero-order valence-corrected chi connectivity index (χ0v) is 21.3. The van der Waals surface area contributed by atoms with Gasteiger partial charge in [-0.15, -0.1) is 0 Å². The quantitative estimate of drug-likeness (QED) is 0.594. The maximum absolute atomic E-state index is 11.9. The monoisotopic (exact) mass is 460 g/mol. The molecule has 176 valence electrons. The summed E-state index contributed by atoms with van der Waals surface area (Å²) >= 11 is 0. The molecule has 1 aliphatic rings. The minimum Gasteiger partial charge on any atom is -0.465 e. The molecule has 9 heteroatoms. The Hall–Kier alpha value is -2.23. The first kappa shape index (κ1) is 24.4. The van der Waals surface area contributed by atoms with E-state index in [-0.39, 0.29) is 17.2 Å². The topological polar surface area (TPSA) is 91.9 Å². The Morgan fingerprint density at radius 3 is 2.72 bits per heavy atom. The van der Waals surface area contributed by atoms with Crippen LogP contribution in [0, 0.1) is 6.92 Å². The van der Waals surface area contributed by atoms with Gasteiger partial charge < -0.3 is 19.0 Å². The lowest BCUT2D eigenvalue weighted by Crippen LogP contribution is -2.45. The number of rotatable bonds is 7. The number of carbonyl (C=O) groups is 1. The molecule has 0 aliphatic carbocycles. The van der Waals surface area contributed by atoms with Crippen molar-refractivity contribution in [2.75, 3.05) is 26.7 Å². The second-order valence-electron chi connectivity index (χ2n) is 10.2. The van der Waals surface area contributed by atoms with Gasteiger partial charge in [0, 0.05) is 32.2 Å². The van der Waals surface area contributed by atoms with Crippen molar-refractivity contribution >= 4 is 14.4 Å².